The van der Waals surface area contributed by atoms with Crippen molar-refractivity contribution in [2.75, 3.05) is 5.32 Å². The lowest BCUT2D eigenvalue weighted by atomic mass is 10.2. The van der Waals surface area contributed by atoms with Crippen molar-refractivity contribution in [2.45, 2.75) is 0 Å². The molecule has 0 radical (unpaired) electrons. The summed E-state index contributed by atoms with van der Waals surface area (Å²) in [6.45, 7) is 0. The first-order valence-electron chi connectivity index (χ1n) is 7.29. The number of anilines is 1. The van der Waals surface area contributed by atoms with Gasteiger partial charge in [0.1, 0.15) is 5.82 Å². The summed E-state index contributed by atoms with van der Waals surface area (Å²) in [5.41, 5.74) is 2.37. The van der Waals surface area contributed by atoms with E-state index in [1.807, 2.05) is 6.07 Å². The molecule has 6 heteroatoms. The van der Waals surface area contributed by atoms with Crippen molar-refractivity contribution in [3.63, 3.8) is 0 Å². The molecule has 118 valence electrons. The fourth-order valence-corrected chi connectivity index (χ4v) is 2.45. The number of hydrogen-bond acceptors (Lipinski definition) is 3. The number of aromatic amines is 1. The van der Waals surface area contributed by atoms with E-state index in [0.29, 0.717) is 17.3 Å². The number of amides is 1. The summed E-state index contributed by atoms with van der Waals surface area (Å²) in [6, 6.07) is 14.4. The second kappa shape index (κ2) is 5.66. The Morgan fingerprint density at radius 3 is 2.83 bits per heavy atom. The van der Waals surface area contributed by atoms with Crippen molar-refractivity contribution in [1.29, 1.82) is 0 Å². The first kappa shape index (κ1) is 14.2. The van der Waals surface area contributed by atoms with E-state index < -0.39 is 5.82 Å². The molecule has 0 bridgehead atoms. The Bertz CT molecular complexity index is 1020. The maximum Gasteiger partial charge on any atom is 0.255 e. The lowest BCUT2D eigenvalue weighted by Gasteiger charge is -2.05. The van der Waals surface area contributed by atoms with Gasteiger partial charge in [-0.1, -0.05) is 6.07 Å². The first-order chi connectivity index (χ1) is 11.7. The molecule has 2 aromatic carbocycles. The molecule has 0 aliphatic heterocycles. The molecule has 0 aliphatic carbocycles. The number of carbonyl (C=O) groups is 1. The van der Waals surface area contributed by atoms with E-state index in [1.165, 1.54) is 18.2 Å². The van der Waals surface area contributed by atoms with Crippen molar-refractivity contribution in [3.8, 4) is 11.6 Å². The second-order valence-electron chi connectivity index (χ2n) is 5.26. The van der Waals surface area contributed by atoms with Crippen LogP contribution in [0.3, 0.4) is 0 Å². The molecule has 0 atom stereocenters. The molecule has 2 N–H and O–H groups in total. The van der Waals surface area contributed by atoms with Crippen LogP contribution in [0, 0.1) is 5.82 Å². The lowest BCUT2D eigenvalue weighted by Crippen LogP contribution is -2.11. The third-order valence-corrected chi connectivity index (χ3v) is 3.58. The third kappa shape index (κ3) is 2.65. The summed E-state index contributed by atoms with van der Waals surface area (Å²) in [5.74, 6) is 0.425. The number of halogens is 1. The standard InChI is InChI=1S/C18H12FN3O2/c19-12-4-1-3-11(9-12)18(23)20-13-6-7-14-15(10-13)22-17(21-14)16-5-2-8-24-16/h1-10H,(H,20,23)(H,21,22). The van der Waals surface area contributed by atoms with Crippen LogP contribution < -0.4 is 5.32 Å². The summed E-state index contributed by atoms with van der Waals surface area (Å²) < 4.78 is 18.5. The van der Waals surface area contributed by atoms with E-state index in [1.54, 1.807) is 36.6 Å². The van der Waals surface area contributed by atoms with Gasteiger partial charge < -0.3 is 14.7 Å². The Balaban J connectivity index is 1.62. The average molecular weight is 321 g/mol. The molecule has 4 aromatic rings. The average Bonchev–Trinajstić information content (AvgIpc) is 3.23. The third-order valence-electron chi connectivity index (χ3n) is 3.58. The molecule has 4 rings (SSSR count). The number of nitrogens with one attached hydrogen (secondary N) is 2. The van der Waals surface area contributed by atoms with Crippen LogP contribution >= 0.6 is 0 Å². The molecule has 1 amide bonds. The fraction of sp³-hybridized carbons (Fsp3) is 0. The van der Waals surface area contributed by atoms with Crippen molar-refractivity contribution in [2.24, 2.45) is 0 Å². The Morgan fingerprint density at radius 1 is 1.12 bits per heavy atom. The fourth-order valence-electron chi connectivity index (χ4n) is 2.45. The van der Waals surface area contributed by atoms with Gasteiger partial charge >= 0.3 is 0 Å². The Morgan fingerprint density at radius 2 is 2.04 bits per heavy atom. The number of H-pyrrole nitrogens is 1. The van der Waals surface area contributed by atoms with Crippen molar-refractivity contribution < 1.29 is 13.6 Å². The van der Waals surface area contributed by atoms with Gasteiger partial charge in [0, 0.05) is 11.3 Å². The summed E-state index contributed by atoms with van der Waals surface area (Å²) in [4.78, 5) is 19.8. The highest BCUT2D eigenvalue weighted by Crippen LogP contribution is 2.23. The molecule has 0 saturated heterocycles. The quantitative estimate of drug-likeness (QED) is 0.593. The number of aromatic nitrogens is 2. The predicted molar refractivity (Wildman–Crippen MR) is 88.1 cm³/mol. The number of rotatable bonds is 3. The zero-order valence-corrected chi connectivity index (χ0v) is 12.4. The predicted octanol–water partition coefficient (Wildman–Crippen LogP) is 4.21. The second-order valence-corrected chi connectivity index (χ2v) is 5.26. The van der Waals surface area contributed by atoms with Crippen molar-refractivity contribution in [1.82, 2.24) is 9.97 Å². The van der Waals surface area contributed by atoms with Gasteiger partial charge in [-0.25, -0.2) is 9.37 Å². The molecular formula is C18H12FN3O2. The van der Waals surface area contributed by atoms with Gasteiger partial charge in [0.05, 0.1) is 17.3 Å². The summed E-state index contributed by atoms with van der Waals surface area (Å²) in [5, 5.41) is 2.74. The van der Waals surface area contributed by atoms with Crippen LogP contribution in [0.1, 0.15) is 10.4 Å². The van der Waals surface area contributed by atoms with Gasteiger partial charge in [-0.15, -0.1) is 0 Å². The zero-order chi connectivity index (χ0) is 16.5. The van der Waals surface area contributed by atoms with Crippen LogP contribution in [0.25, 0.3) is 22.6 Å². The molecule has 5 nitrogen and oxygen atoms in total. The number of imidazole rings is 1. The van der Waals surface area contributed by atoms with Crippen molar-refractivity contribution in [3.05, 3.63) is 72.2 Å². The lowest BCUT2D eigenvalue weighted by molar-refractivity contribution is 0.102. The molecule has 0 aliphatic rings. The van der Waals surface area contributed by atoms with Crippen LogP contribution in [0.15, 0.2) is 65.3 Å². The topological polar surface area (TPSA) is 70.9 Å². The van der Waals surface area contributed by atoms with Gasteiger partial charge in [0.25, 0.3) is 5.91 Å². The smallest absolute Gasteiger partial charge is 0.255 e. The Kier molecular flexibility index (Phi) is 3.35. The summed E-state index contributed by atoms with van der Waals surface area (Å²) >= 11 is 0. The van der Waals surface area contributed by atoms with Crippen LogP contribution in [0.2, 0.25) is 0 Å². The number of nitrogens with zero attached hydrogens (tertiary/aromatic N) is 1. The number of furan rings is 1. The van der Waals surface area contributed by atoms with E-state index in [9.17, 15) is 9.18 Å². The van der Waals surface area contributed by atoms with Crippen LogP contribution in [-0.2, 0) is 0 Å². The van der Waals surface area contributed by atoms with Gasteiger partial charge in [-0.2, -0.15) is 0 Å². The first-order valence-corrected chi connectivity index (χ1v) is 7.29. The molecule has 2 aromatic heterocycles. The zero-order valence-electron chi connectivity index (χ0n) is 12.4. The van der Waals surface area contributed by atoms with Crippen LogP contribution in [0.5, 0.6) is 0 Å². The number of hydrogen-bond donors (Lipinski definition) is 2. The van der Waals surface area contributed by atoms with Crippen LogP contribution in [0.4, 0.5) is 10.1 Å². The summed E-state index contributed by atoms with van der Waals surface area (Å²) in [6.07, 6.45) is 1.58. The van der Waals surface area contributed by atoms with E-state index in [4.69, 9.17) is 4.42 Å². The molecule has 0 saturated carbocycles. The highest BCUT2D eigenvalue weighted by Gasteiger charge is 2.10. The van der Waals surface area contributed by atoms with E-state index in [0.717, 1.165) is 11.0 Å². The number of fused-ring (bicyclic) bond motifs is 1. The molecular weight excluding hydrogens is 309 g/mol. The molecule has 0 unspecified atom stereocenters. The van der Waals surface area contributed by atoms with Gasteiger partial charge in [-0.05, 0) is 48.5 Å². The molecule has 24 heavy (non-hydrogen) atoms. The minimum atomic E-state index is -0.449. The maximum absolute atomic E-state index is 13.2. The highest BCUT2D eigenvalue weighted by atomic mass is 19.1. The maximum atomic E-state index is 13.2. The minimum Gasteiger partial charge on any atom is -0.461 e. The largest absolute Gasteiger partial charge is 0.461 e. The monoisotopic (exact) mass is 321 g/mol. The minimum absolute atomic E-state index is 0.260. The van der Waals surface area contributed by atoms with Gasteiger partial charge in [0.15, 0.2) is 11.6 Å². The normalized spacial score (nSPS) is 10.9. The van der Waals surface area contributed by atoms with Crippen molar-refractivity contribution >= 4 is 22.6 Å². The number of carbonyl (C=O) groups excluding carboxylic acids is 1. The molecule has 0 spiro atoms. The SMILES string of the molecule is O=C(Nc1ccc2nc(-c3ccco3)[nH]c2c1)c1cccc(F)c1. The molecule has 0 fully saturated rings. The Labute approximate surface area is 136 Å². The number of benzene rings is 2. The highest BCUT2D eigenvalue weighted by molar-refractivity contribution is 6.05. The van der Waals surface area contributed by atoms with E-state index >= 15 is 0 Å². The van der Waals surface area contributed by atoms with Gasteiger partial charge in [0.2, 0.25) is 0 Å². The van der Waals surface area contributed by atoms with Gasteiger partial charge in [-0.3, -0.25) is 4.79 Å². The van der Waals surface area contributed by atoms with Crippen LogP contribution in [-0.4, -0.2) is 15.9 Å². The van der Waals surface area contributed by atoms with E-state index in [-0.39, 0.29) is 11.5 Å². The Hall–Kier alpha value is -3.41. The summed E-state index contributed by atoms with van der Waals surface area (Å²) in [7, 11) is 0. The van der Waals surface area contributed by atoms with E-state index in [2.05, 4.69) is 15.3 Å². The molecule has 2 heterocycles.